The Labute approximate surface area is 61.0 Å². The lowest BCUT2D eigenvalue weighted by molar-refractivity contribution is -0.144. The van der Waals surface area contributed by atoms with E-state index in [0.29, 0.717) is 13.0 Å². The fraction of sp³-hybridized carbons (Fsp3) is 0.857. The molecule has 10 heavy (non-hydrogen) atoms. The maximum Gasteiger partial charge on any atom is 0.306 e. The summed E-state index contributed by atoms with van der Waals surface area (Å²) in [6.07, 6.45) is 0.310. The zero-order valence-corrected chi connectivity index (χ0v) is 6.46. The lowest BCUT2D eigenvalue weighted by Gasteiger charge is -2.05. The van der Waals surface area contributed by atoms with E-state index in [1.54, 1.807) is 13.8 Å². The summed E-state index contributed by atoms with van der Waals surface area (Å²) in [6, 6.07) is 0. The Hall–Kier alpha value is -0.570. The summed E-state index contributed by atoms with van der Waals surface area (Å²) in [6.45, 7) is 4.02. The van der Waals surface area contributed by atoms with Crippen LogP contribution in [0.15, 0.2) is 0 Å². The van der Waals surface area contributed by atoms with Gasteiger partial charge in [-0.05, 0) is 12.8 Å². The van der Waals surface area contributed by atoms with Crippen LogP contribution in [0.2, 0.25) is 0 Å². The van der Waals surface area contributed by atoms with Gasteiger partial charge in [0.25, 0.3) is 0 Å². The SMILES string of the molecule is CCOC(=O)C[C@@H](C)CO. The Balaban J connectivity index is 3.37. The highest BCUT2D eigenvalue weighted by molar-refractivity contribution is 5.69. The van der Waals surface area contributed by atoms with Crippen LogP contribution in [0, 0.1) is 5.92 Å². The number of hydrogen-bond donors (Lipinski definition) is 1. The number of carbonyl (C=O) groups is 1. The van der Waals surface area contributed by atoms with Gasteiger partial charge in [0.15, 0.2) is 0 Å². The van der Waals surface area contributed by atoms with E-state index in [-0.39, 0.29) is 18.5 Å². The van der Waals surface area contributed by atoms with Gasteiger partial charge in [-0.15, -0.1) is 0 Å². The van der Waals surface area contributed by atoms with Crippen LogP contribution in [0.5, 0.6) is 0 Å². The summed E-state index contributed by atoms with van der Waals surface area (Å²) < 4.78 is 4.66. The Morgan fingerprint density at radius 1 is 1.70 bits per heavy atom. The molecule has 0 unspecified atom stereocenters. The molecular weight excluding hydrogens is 132 g/mol. The quantitative estimate of drug-likeness (QED) is 0.590. The second-order valence-corrected chi connectivity index (χ2v) is 2.30. The third-order valence-electron chi connectivity index (χ3n) is 1.13. The fourth-order valence-electron chi connectivity index (χ4n) is 0.569. The molecule has 0 aliphatic rings. The summed E-state index contributed by atoms with van der Waals surface area (Å²) in [4.78, 5) is 10.7. The van der Waals surface area contributed by atoms with Gasteiger partial charge in [0.1, 0.15) is 0 Å². The Morgan fingerprint density at radius 3 is 2.70 bits per heavy atom. The first-order chi connectivity index (χ1) is 4.70. The number of aliphatic hydroxyl groups is 1. The summed E-state index contributed by atoms with van der Waals surface area (Å²) >= 11 is 0. The highest BCUT2D eigenvalue weighted by atomic mass is 16.5. The first-order valence-corrected chi connectivity index (χ1v) is 3.47. The van der Waals surface area contributed by atoms with Gasteiger partial charge in [0, 0.05) is 6.61 Å². The average molecular weight is 146 g/mol. The van der Waals surface area contributed by atoms with Crippen LogP contribution in [0.25, 0.3) is 0 Å². The van der Waals surface area contributed by atoms with Gasteiger partial charge in [-0.1, -0.05) is 6.92 Å². The number of carbonyl (C=O) groups excluding carboxylic acids is 1. The predicted octanol–water partition coefficient (Wildman–Crippen LogP) is 0.568. The van der Waals surface area contributed by atoms with E-state index >= 15 is 0 Å². The highest BCUT2D eigenvalue weighted by Crippen LogP contribution is 2.00. The molecule has 0 aromatic carbocycles. The van der Waals surface area contributed by atoms with Crippen molar-refractivity contribution in [2.75, 3.05) is 13.2 Å². The molecule has 0 amide bonds. The smallest absolute Gasteiger partial charge is 0.306 e. The zero-order chi connectivity index (χ0) is 7.98. The molecule has 0 aliphatic heterocycles. The van der Waals surface area contributed by atoms with Crippen molar-refractivity contribution in [2.24, 2.45) is 5.92 Å². The third-order valence-corrected chi connectivity index (χ3v) is 1.13. The average Bonchev–Trinajstić information content (AvgIpc) is 1.88. The zero-order valence-electron chi connectivity index (χ0n) is 6.46. The summed E-state index contributed by atoms with van der Waals surface area (Å²) in [5.74, 6) is -0.219. The molecule has 3 heteroatoms. The van der Waals surface area contributed by atoms with Gasteiger partial charge in [0.2, 0.25) is 0 Å². The number of rotatable bonds is 4. The molecule has 0 heterocycles. The summed E-state index contributed by atoms with van der Waals surface area (Å²) in [7, 11) is 0. The molecule has 0 saturated carbocycles. The Morgan fingerprint density at radius 2 is 2.30 bits per heavy atom. The molecule has 0 bridgehead atoms. The first kappa shape index (κ1) is 9.43. The van der Waals surface area contributed by atoms with Crippen LogP contribution in [0.4, 0.5) is 0 Å². The van der Waals surface area contributed by atoms with Crippen LogP contribution in [0.1, 0.15) is 20.3 Å². The minimum atomic E-state index is -0.232. The molecule has 0 aliphatic carbocycles. The van der Waals surface area contributed by atoms with E-state index in [0.717, 1.165) is 0 Å². The minimum Gasteiger partial charge on any atom is -0.466 e. The molecule has 0 aromatic rings. The number of esters is 1. The van der Waals surface area contributed by atoms with Crippen LogP contribution in [-0.2, 0) is 9.53 Å². The third kappa shape index (κ3) is 4.32. The fourth-order valence-corrected chi connectivity index (χ4v) is 0.569. The summed E-state index contributed by atoms with van der Waals surface area (Å²) in [5.41, 5.74) is 0. The molecular formula is C7H14O3. The van der Waals surface area contributed by atoms with Crippen LogP contribution in [-0.4, -0.2) is 24.3 Å². The van der Waals surface area contributed by atoms with Crippen molar-refractivity contribution in [1.82, 2.24) is 0 Å². The molecule has 1 N–H and O–H groups in total. The topological polar surface area (TPSA) is 46.5 Å². The maximum atomic E-state index is 10.7. The van der Waals surface area contributed by atoms with Crippen molar-refractivity contribution in [3.05, 3.63) is 0 Å². The molecule has 0 aromatic heterocycles. The van der Waals surface area contributed by atoms with E-state index in [1.807, 2.05) is 0 Å². The van der Waals surface area contributed by atoms with Crippen molar-refractivity contribution in [3.63, 3.8) is 0 Å². The first-order valence-electron chi connectivity index (χ1n) is 3.47. The van der Waals surface area contributed by atoms with E-state index in [2.05, 4.69) is 4.74 Å². The standard InChI is InChI=1S/C7H14O3/c1-3-10-7(9)4-6(2)5-8/h6,8H,3-5H2,1-2H3/t6-/m1/s1. The Kier molecular flexibility index (Phi) is 4.94. The van der Waals surface area contributed by atoms with Gasteiger partial charge < -0.3 is 9.84 Å². The minimum absolute atomic E-state index is 0.0130. The Bertz CT molecular complexity index is 101. The number of hydrogen-bond acceptors (Lipinski definition) is 3. The molecule has 0 fully saturated rings. The van der Waals surface area contributed by atoms with E-state index in [9.17, 15) is 4.79 Å². The molecule has 60 valence electrons. The normalized spacial score (nSPS) is 12.7. The van der Waals surface area contributed by atoms with Gasteiger partial charge in [0.05, 0.1) is 13.0 Å². The molecule has 1 atom stereocenters. The highest BCUT2D eigenvalue weighted by Gasteiger charge is 2.07. The lowest BCUT2D eigenvalue weighted by Crippen LogP contribution is -2.11. The van der Waals surface area contributed by atoms with Crippen molar-refractivity contribution < 1.29 is 14.6 Å². The van der Waals surface area contributed by atoms with Crippen LogP contribution < -0.4 is 0 Å². The molecule has 0 spiro atoms. The van der Waals surface area contributed by atoms with E-state index in [1.165, 1.54) is 0 Å². The van der Waals surface area contributed by atoms with Crippen molar-refractivity contribution in [3.8, 4) is 0 Å². The second kappa shape index (κ2) is 5.23. The maximum absolute atomic E-state index is 10.7. The van der Waals surface area contributed by atoms with Gasteiger partial charge in [-0.3, -0.25) is 4.79 Å². The van der Waals surface area contributed by atoms with E-state index in [4.69, 9.17) is 5.11 Å². The van der Waals surface area contributed by atoms with Crippen molar-refractivity contribution in [2.45, 2.75) is 20.3 Å². The number of aliphatic hydroxyl groups excluding tert-OH is 1. The largest absolute Gasteiger partial charge is 0.466 e. The molecule has 0 saturated heterocycles. The number of ether oxygens (including phenoxy) is 1. The van der Waals surface area contributed by atoms with Gasteiger partial charge in [-0.2, -0.15) is 0 Å². The monoisotopic (exact) mass is 146 g/mol. The molecule has 0 rings (SSSR count). The van der Waals surface area contributed by atoms with Crippen LogP contribution in [0.3, 0.4) is 0 Å². The predicted molar refractivity (Wildman–Crippen MR) is 37.5 cm³/mol. The van der Waals surface area contributed by atoms with Gasteiger partial charge >= 0.3 is 5.97 Å². The van der Waals surface area contributed by atoms with E-state index < -0.39 is 0 Å². The van der Waals surface area contributed by atoms with Crippen molar-refractivity contribution in [1.29, 1.82) is 0 Å². The lowest BCUT2D eigenvalue weighted by atomic mass is 10.1. The van der Waals surface area contributed by atoms with Crippen molar-refractivity contribution >= 4 is 5.97 Å². The van der Waals surface area contributed by atoms with Gasteiger partial charge in [-0.25, -0.2) is 0 Å². The van der Waals surface area contributed by atoms with Crippen LogP contribution >= 0.6 is 0 Å². The molecule has 0 radical (unpaired) electrons. The molecule has 3 nitrogen and oxygen atoms in total. The summed E-state index contributed by atoms with van der Waals surface area (Å²) in [5, 5.41) is 8.54. The second-order valence-electron chi connectivity index (χ2n) is 2.30.